The van der Waals surface area contributed by atoms with E-state index in [0.717, 1.165) is 0 Å². The van der Waals surface area contributed by atoms with Crippen molar-refractivity contribution < 1.29 is 9.50 Å². The minimum Gasteiger partial charge on any atom is -0.392 e. The quantitative estimate of drug-likeness (QED) is 0.852. The van der Waals surface area contributed by atoms with Crippen molar-refractivity contribution in [2.75, 3.05) is 6.54 Å². The summed E-state index contributed by atoms with van der Waals surface area (Å²) in [7, 11) is 0. The largest absolute Gasteiger partial charge is 0.392 e. The molecule has 0 aromatic heterocycles. The predicted octanol–water partition coefficient (Wildman–Crippen LogP) is 3.15. The van der Waals surface area contributed by atoms with Crippen LogP contribution in [0.4, 0.5) is 4.39 Å². The van der Waals surface area contributed by atoms with Crippen LogP contribution in [-0.2, 0) is 0 Å². The van der Waals surface area contributed by atoms with E-state index in [1.807, 2.05) is 13.8 Å². The van der Waals surface area contributed by atoms with E-state index in [9.17, 15) is 9.50 Å². The molecule has 17 heavy (non-hydrogen) atoms. The van der Waals surface area contributed by atoms with Crippen LogP contribution in [0.25, 0.3) is 0 Å². The first kappa shape index (κ1) is 14.4. The first-order valence-corrected chi connectivity index (χ1v) is 6.16. The summed E-state index contributed by atoms with van der Waals surface area (Å²) in [6.07, 6.45) is -0.452. The third kappa shape index (κ3) is 4.26. The fourth-order valence-electron chi connectivity index (χ4n) is 1.76. The first-order valence-electron chi connectivity index (χ1n) is 5.78. The summed E-state index contributed by atoms with van der Waals surface area (Å²) in [5, 5.41) is 12.8. The molecule has 2 N–H and O–H groups in total. The van der Waals surface area contributed by atoms with Gasteiger partial charge < -0.3 is 10.4 Å². The smallest absolute Gasteiger partial charge is 0.129 e. The van der Waals surface area contributed by atoms with Gasteiger partial charge in [-0.3, -0.25) is 0 Å². The zero-order chi connectivity index (χ0) is 13.0. The molecule has 96 valence electrons. The molecular weight excluding hydrogens is 241 g/mol. The van der Waals surface area contributed by atoms with Gasteiger partial charge in [0.15, 0.2) is 0 Å². The summed E-state index contributed by atoms with van der Waals surface area (Å²) in [5.41, 5.74) is 0.588. The number of benzene rings is 1. The highest BCUT2D eigenvalue weighted by Crippen LogP contribution is 2.26. The summed E-state index contributed by atoms with van der Waals surface area (Å²) in [6, 6.07) is 4.56. The minimum atomic E-state index is -0.452. The third-order valence-corrected chi connectivity index (χ3v) is 2.83. The van der Waals surface area contributed by atoms with Crippen molar-refractivity contribution in [3.05, 3.63) is 34.6 Å². The second-order valence-corrected chi connectivity index (χ2v) is 5.08. The Morgan fingerprint density at radius 3 is 2.47 bits per heavy atom. The number of aliphatic hydroxyl groups is 1. The van der Waals surface area contributed by atoms with Gasteiger partial charge in [0.2, 0.25) is 0 Å². The van der Waals surface area contributed by atoms with Crippen molar-refractivity contribution in [2.24, 2.45) is 5.92 Å². The van der Waals surface area contributed by atoms with E-state index in [4.69, 9.17) is 11.6 Å². The van der Waals surface area contributed by atoms with Crippen LogP contribution in [0, 0.1) is 11.7 Å². The van der Waals surface area contributed by atoms with Gasteiger partial charge in [-0.25, -0.2) is 4.39 Å². The average Bonchev–Trinajstić information content (AvgIpc) is 2.20. The number of aliphatic hydroxyl groups excluding tert-OH is 1. The monoisotopic (exact) mass is 259 g/mol. The Kier molecular flexibility index (Phi) is 5.37. The van der Waals surface area contributed by atoms with E-state index in [-0.39, 0.29) is 17.8 Å². The van der Waals surface area contributed by atoms with Gasteiger partial charge in [0, 0.05) is 23.2 Å². The number of hydrogen-bond donors (Lipinski definition) is 2. The standard InChI is InChI=1S/C13H19ClFNO/c1-8(2)13(16-7-9(3)17)11-5-4-10(14)6-12(11)15/h4-6,8-9,13,16-17H,7H2,1-3H3. The molecule has 0 aliphatic carbocycles. The highest BCUT2D eigenvalue weighted by atomic mass is 35.5. The van der Waals surface area contributed by atoms with Gasteiger partial charge in [-0.15, -0.1) is 0 Å². The van der Waals surface area contributed by atoms with Crippen molar-refractivity contribution in [3.63, 3.8) is 0 Å². The molecule has 0 aliphatic heterocycles. The average molecular weight is 260 g/mol. The van der Waals surface area contributed by atoms with Gasteiger partial charge in [-0.05, 0) is 25.0 Å². The number of rotatable bonds is 5. The van der Waals surface area contributed by atoms with Crippen molar-refractivity contribution in [1.29, 1.82) is 0 Å². The molecule has 1 rings (SSSR count). The molecule has 0 spiro atoms. The van der Waals surface area contributed by atoms with Crippen LogP contribution in [0.1, 0.15) is 32.4 Å². The maximum Gasteiger partial charge on any atom is 0.129 e. The molecule has 4 heteroatoms. The zero-order valence-electron chi connectivity index (χ0n) is 10.4. The van der Waals surface area contributed by atoms with E-state index in [2.05, 4.69) is 5.32 Å². The van der Waals surface area contributed by atoms with Gasteiger partial charge in [0.1, 0.15) is 5.82 Å². The molecule has 0 aliphatic rings. The molecule has 0 fully saturated rings. The Hall–Kier alpha value is -0.640. The Morgan fingerprint density at radius 1 is 1.35 bits per heavy atom. The Labute approximate surface area is 107 Å². The van der Waals surface area contributed by atoms with Crippen molar-refractivity contribution in [2.45, 2.75) is 32.9 Å². The molecule has 2 unspecified atom stereocenters. The molecule has 0 saturated heterocycles. The topological polar surface area (TPSA) is 32.3 Å². The van der Waals surface area contributed by atoms with Crippen LogP contribution in [0.15, 0.2) is 18.2 Å². The maximum absolute atomic E-state index is 13.8. The summed E-state index contributed by atoms with van der Waals surface area (Å²) >= 11 is 5.73. The molecule has 2 atom stereocenters. The van der Waals surface area contributed by atoms with E-state index in [1.165, 1.54) is 6.07 Å². The van der Waals surface area contributed by atoms with E-state index in [0.29, 0.717) is 17.1 Å². The number of halogens is 2. The van der Waals surface area contributed by atoms with Crippen LogP contribution < -0.4 is 5.32 Å². The highest BCUT2D eigenvalue weighted by Gasteiger charge is 2.19. The molecule has 1 aromatic carbocycles. The van der Waals surface area contributed by atoms with Crippen LogP contribution in [0.2, 0.25) is 5.02 Å². The van der Waals surface area contributed by atoms with Gasteiger partial charge >= 0.3 is 0 Å². The van der Waals surface area contributed by atoms with Crippen LogP contribution in [-0.4, -0.2) is 17.8 Å². The Balaban J connectivity index is 2.89. The van der Waals surface area contributed by atoms with E-state index < -0.39 is 6.10 Å². The highest BCUT2D eigenvalue weighted by molar-refractivity contribution is 6.30. The summed E-state index contributed by atoms with van der Waals surface area (Å²) in [6.45, 7) is 6.15. The fraction of sp³-hybridized carbons (Fsp3) is 0.538. The number of nitrogens with one attached hydrogen (secondary N) is 1. The normalized spacial score (nSPS) is 15.0. The van der Waals surface area contributed by atoms with E-state index >= 15 is 0 Å². The van der Waals surface area contributed by atoms with Crippen LogP contribution in [0.5, 0.6) is 0 Å². The lowest BCUT2D eigenvalue weighted by atomic mass is 9.95. The lowest BCUT2D eigenvalue weighted by Gasteiger charge is -2.24. The van der Waals surface area contributed by atoms with Crippen molar-refractivity contribution in [3.8, 4) is 0 Å². The number of hydrogen-bond acceptors (Lipinski definition) is 2. The van der Waals surface area contributed by atoms with E-state index in [1.54, 1.807) is 19.1 Å². The maximum atomic E-state index is 13.8. The first-order chi connectivity index (χ1) is 7.91. The molecule has 0 amide bonds. The Morgan fingerprint density at radius 2 is 2.00 bits per heavy atom. The minimum absolute atomic E-state index is 0.123. The molecule has 2 nitrogen and oxygen atoms in total. The fourth-order valence-corrected chi connectivity index (χ4v) is 1.91. The zero-order valence-corrected chi connectivity index (χ0v) is 11.1. The SMILES string of the molecule is CC(O)CNC(c1ccc(Cl)cc1F)C(C)C. The van der Waals surface area contributed by atoms with Gasteiger partial charge in [0.25, 0.3) is 0 Å². The third-order valence-electron chi connectivity index (χ3n) is 2.60. The van der Waals surface area contributed by atoms with Gasteiger partial charge in [-0.2, -0.15) is 0 Å². The van der Waals surface area contributed by atoms with Crippen molar-refractivity contribution in [1.82, 2.24) is 5.32 Å². The molecule has 1 aromatic rings. The summed E-state index contributed by atoms with van der Waals surface area (Å²) in [4.78, 5) is 0. The summed E-state index contributed by atoms with van der Waals surface area (Å²) in [5.74, 6) is -0.0845. The molecule has 0 bridgehead atoms. The molecular formula is C13H19ClFNO. The second-order valence-electron chi connectivity index (χ2n) is 4.64. The lowest BCUT2D eigenvalue weighted by Crippen LogP contribution is -2.32. The van der Waals surface area contributed by atoms with Crippen molar-refractivity contribution >= 4 is 11.6 Å². The lowest BCUT2D eigenvalue weighted by molar-refractivity contribution is 0.181. The van der Waals surface area contributed by atoms with Gasteiger partial charge in [-0.1, -0.05) is 31.5 Å². The molecule has 0 heterocycles. The summed E-state index contributed by atoms with van der Waals surface area (Å²) < 4.78 is 13.8. The van der Waals surface area contributed by atoms with Gasteiger partial charge in [0.05, 0.1) is 6.10 Å². The Bertz CT molecular complexity index is 368. The van der Waals surface area contributed by atoms with Crippen LogP contribution >= 0.6 is 11.6 Å². The predicted molar refractivity (Wildman–Crippen MR) is 68.7 cm³/mol. The second kappa shape index (κ2) is 6.34. The molecule has 0 saturated carbocycles. The molecule has 0 radical (unpaired) electrons. The van der Waals surface area contributed by atoms with Crippen LogP contribution in [0.3, 0.4) is 0 Å².